The highest BCUT2D eigenvalue weighted by atomic mass is 16.2. The average molecular weight is 237 g/mol. The van der Waals surface area contributed by atoms with E-state index >= 15 is 0 Å². The highest BCUT2D eigenvalue weighted by molar-refractivity contribution is 6.01. The number of piperidine rings is 1. The van der Waals surface area contributed by atoms with Gasteiger partial charge in [0, 0.05) is 19.4 Å². The van der Waals surface area contributed by atoms with Gasteiger partial charge in [-0.05, 0) is 19.3 Å². The molecule has 5 heteroatoms. The van der Waals surface area contributed by atoms with Crippen LogP contribution in [0.15, 0.2) is 4.99 Å². The van der Waals surface area contributed by atoms with Crippen molar-refractivity contribution in [1.29, 1.82) is 0 Å². The largest absolute Gasteiger partial charge is 0.387 e. The molecule has 2 fully saturated rings. The maximum atomic E-state index is 11.8. The zero-order valence-electron chi connectivity index (χ0n) is 10.2. The van der Waals surface area contributed by atoms with Crippen molar-refractivity contribution in [3.05, 3.63) is 0 Å². The topological polar surface area (TPSA) is 75.8 Å². The van der Waals surface area contributed by atoms with Crippen LogP contribution < -0.4 is 5.73 Å². The van der Waals surface area contributed by atoms with Gasteiger partial charge < -0.3 is 5.73 Å². The number of hydrogen-bond acceptors (Lipinski definition) is 3. The van der Waals surface area contributed by atoms with E-state index < -0.39 is 6.04 Å². The minimum atomic E-state index is -0.446. The van der Waals surface area contributed by atoms with E-state index in [9.17, 15) is 9.59 Å². The third-order valence-corrected chi connectivity index (χ3v) is 3.70. The molecule has 0 spiro atoms. The summed E-state index contributed by atoms with van der Waals surface area (Å²) < 4.78 is 0. The lowest BCUT2D eigenvalue weighted by molar-refractivity contribution is -0.147. The van der Waals surface area contributed by atoms with Crippen LogP contribution in [0.25, 0.3) is 0 Å². The maximum absolute atomic E-state index is 11.8. The van der Waals surface area contributed by atoms with Crippen LogP contribution in [-0.4, -0.2) is 35.6 Å². The van der Waals surface area contributed by atoms with Gasteiger partial charge in [0.05, 0.1) is 5.84 Å². The fourth-order valence-corrected chi connectivity index (χ4v) is 2.52. The molecule has 5 nitrogen and oxygen atoms in total. The number of amides is 2. The minimum absolute atomic E-state index is 0.124. The molecule has 1 saturated carbocycles. The molecule has 2 amide bonds. The standard InChI is InChI=1S/C12H19N3O2/c1-15-10(16)7-6-9(12(15)17)14-11(13)8-4-2-3-5-8/h8-9H,2-7H2,1H3,(H2,13,14). The Kier molecular flexibility index (Phi) is 3.45. The van der Waals surface area contributed by atoms with E-state index in [0.29, 0.717) is 24.6 Å². The van der Waals surface area contributed by atoms with Crippen molar-refractivity contribution in [3.8, 4) is 0 Å². The second-order valence-electron chi connectivity index (χ2n) is 4.88. The van der Waals surface area contributed by atoms with Crippen LogP contribution >= 0.6 is 0 Å². The number of aliphatic imine (C=N–C) groups is 1. The Morgan fingerprint density at radius 1 is 1.29 bits per heavy atom. The first-order valence-electron chi connectivity index (χ1n) is 6.23. The maximum Gasteiger partial charge on any atom is 0.253 e. The summed E-state index contributed by atoms with van der Waals surface area (Å²) in [7, 11) is 1.51. The van der Waals surface area contributed by atoms with Crippen LogP contribution in [0.1, 0.15) is 38.5 Å². The number of carbonyl (C=O) groups is 2. The molecule has 0 aromatic rings. The quantitative estimate of drug-likeness (QED) is 0.436. The van der Waals surface area contributed by atoms with Crippen LogP contribution in [0.2, 0.25) is 0 Å². The SMILES string of the molecule is CN1C(=O)CCC(N=C(N)C2CCCC2)C1=O. The molecule has 1 aliphatic heterocycles. The van der Waals surface area contributed by atoms with Crippen molar-refractivity contribution < 1.29 is 9.59 Å². The van der Waals surface area contributed by atoms with Crippen LogP contribution in [0, 0.1) is 5.92 Å². The van der Waals surface area contributed by atoms with Crippen molar-refractivity contribution in [3.63, 3.8) is 0 Å². The molecule has 1 saturated heterocycles. The number of rotatable bonds is 2. The first-order valence-corrected chi connectivity index (χ1v) is 6.23. The lowest BCUT2D eigenvalue weighted by atomic mass is 10.0. The molecule has 1 atom stereocenters. The number of likely N-dealkylation sites (N-methyl/N-ethyl adjacent to an activating group) is 1. The van der Waals surface area contributed by atoms with Crippen molar-refractivity contribution in [2.75, 3.05) is 7.05 Å². The number of amidine groups is 1. The normalized spacial score (nSPS) is 27.9. The first kappa shape index (κ1) is 12.1. The number of imide groups is 1. The Bertz CT molecular complexity index is 359. The monoisotopic (exact) mass is 237 g/mol. The smallest absolute Gasteiger partial charge is 0.253 e. The van der Waals surface area contributed by atoms with Gasteiger partial charge in [0.15, 0.2) is 0 Å². The van der Waals surface area contributed by atoms with E-state index in [0.717, 1.165) is 12.8 Å². The second kappa shape index (κ2) is 4.85. The molecule has 1 heterocycles. The summed E-state index contributed by atoms with van der Waals surface area (Å²) in [5, 5.41) is 0. The van der Waals surface area contributed by atoms with E-state index in [-0.39, 0.29) is 11.8 Å². The molecule has 0 bridgehead atoms. The third-order valence-electron chi connectivity index (χ3n) is 3.70. The third kappa shape index (κ3) is 2.48. The van der Waals surface area contributed by atoms with Gasteiger partial charge in [-0.1, -0.05) is 12.8 Å². The molecule has 2 aliphatic rings. The second-order valence-corrected chi connectivity index (χ2v) is 4.88. The first-order chi connectivity index (χ1) is 8.09. The van der Waals surface area contributed by atoms with Crippen LogP contribution in [0.5, 0.6) is 0 Å². The number of nitrogens with two attached hydrogens (primary N) is 1. The van der Waals surface area contributed by atoms with Gasteiger partial charge in [0.1, 0.15) is 6.04 Å². The van der Waals surface area contributed by atoms with Crippen molar-refractivity contribution in [2.45, 2.75) is 44.6 Å². The van der Waals surface area contributed by atoms with Gasteiger partial charge in [-0.15, -0.1) is 0 Å². The molecule has 0 radical (unpaired) electrons. The summed E-state index contributed by atoms with van der Waals surface area (Å²) in [6, 6.07) is -0.446. The van der Waals surface area contributed by atoms with E-state index in [1.807, 2.05) is 0 Å². The van der Waals surface area contributed by atoms with Crippen LogP contribution in [0.4, 0.5) is 0 Å². The zero-order valence-corrected chi connectivity index (χ0v) is 10.2. The number of carbonyl (C=O) groups excluding carboxylic acids is 2. The highest BCUT2D eigenvalue weighted by Crippen LogP contribution is 2.25. The van der Waals surface area contributed by atoms with E-state index in [1.54, 1.807) is 0 Å². The summed E-state index contributed by atoms with van der Waals surface area (Å²) in [5.74, 6) is 0.595. The van der Waals surface area contributed by atoms with Crippen molar-refractivity contribution in [2.24, 2.45) is 16.6 Å². The summed E-state index contributed by atoms with van der Waals surface area (Å²) in [5.41, 5.74) is 5.95. The molecule has 94 valence electrons. The summed E-state index contributed by atoms with van der Waals surface area (Å²) in [6.07, 6.45) is 5.41. The molecular weight excluding hydrogens is 218 g/mol. The fraction of sp³-hybridized carbons (Fsp3) is 0.750. The Labute approximate surface area is 101 Å². The van der Waals surface area contributed by atoms with E-state index in [2.05, 4.69) is 4.99 Å². The van der Waals surface area contributed by atoms with Gasteiger partial charge in [0.2, 0.25) is 5.91 Å². The van der Waals surface area contributed by atoms with Gasteiger partial charge in [0.25, 0.3) is 5.91 Å². The zero-order chi connectivity index (χ0) is 12.4. The average Bonchev–Trinajstić information content (AvgIpc) is 2.83. The Morgan fingerprint density at radius 2 is 1.94 bits per heavy atom. The lowest BCUT2D eigenvalue weighted by Crippen LogP contribution is -2.45. The van der Waals surface area contributed by atoms with E-state index in [4.69, 9.17) is 5.73 Å². The molecule has 0 aromatic heterocycles. The Hall–Kier alpha value is -1.39. The number of hydrogen-bond donors (Lipinski definition) is 1. The van der Waals surface area contributed by atoms with Crippen LogP contribution in [-0.2, 0) is 9.59 Å². The van der Waals surface area contributed by atoms with Gasteiger partial charge in [-0.2, -0.15) is 0 Å². The van der Waals surface area contributed by atoms with Crippen molar-refractivity contribution in [1.82, 2.24) is 4.90 Å². The Balaban J connectivity index is 2.04. The van der Waals surface area contributed by atoms with Gasteiger partial charge in [-0.3, -0.25) is 19.5 Å². The fourth-order valence-electron chi connectivity index (χ4n) is 2.52. The van der Waals surface area contributed by atoms with Gasteiger partial charge in [-0.25, -0.2) is 0 Å². The predicted molar refractivity (Wildman–Crippen MR) is 64.4 cm³/mol. The molecule has 0 aromatic carbocycles. The summed E-state index contributed by atoms with van der Waals surface area (Å²) in [4.78, 5) is 28.6. The lowest BCUT2D eigenvalue weighted by Gasteiger charge is -2.26. The molecule has 2 N–H and O–H groups in total. The Morgan fingerprint density at radius 3 is 2.59 bits per heavy atom. The van der Waals surface area contributed by atoms with Crippen LogP contribution in [0.3, 0.4) is 0 Å². The molecular formula is C12H19N3O2. The molecule has 17 heavy (non-hydrogen) atoms. The molecule has 1 aliphatic carbocycles. The summed E-state index contributed by atoms with van der Waals surface area (Å²) in [6.45, 7) is 0. The number of likely N-dealkylation sites (tertiary alicyclic amines) is 1. The van der Waals surface area contributed by atoms with E-state index in [1.165, 1.54) is 24.8 Å². The summed E-state index contributed by atoms with van der Waals surface area (Å²) >= 11 is 0. The highest BCUT2D eigenvalue weighted by Gasteiger charge is 2.32. The minimum Gasteiger partial charge on any atom is -0.387 e. The molecule has 1 unspecified atom stereocenters. The number of nitrogens with zero attached hydrogens (tertiary/aromatic N) is 2. The van der Waals surface area contributed by atoms with Gasteiger partial charge >= 0.3 is 0 Å². The molecule has 2 rings (SSSR count). The predicted octanol–water partition coefficient (Wildman–Crippen LogP) is 0.681. The van der Waals surface area contributed by atoms with Crippen molar-refractivity contribution >= 4 is 17.6 Å².